The number of rotatable bonds is 4. The Kier molecular flexibility index (Phi) is 5.57. The minimum absolute atomic E-state index is 0.0643. The highest BCUT2D eigenvalue weighted by Crippen LogP contribution is 2.19. The molecule has 0 spiro atoms. The average Bonchev–Trinajstić information content (AvgIpc) is 2.52. The lowest BCUT2D eigenvalue weighted by Crippen LogP contribution is -2.53. The van der Waals surface area contributed by atoms with Crippen LogP contribution in [0.2, 0.25) is 0 Å². The number of piperazine rings is 1. The molecule has 128 valence electrons. The van der Waals surface area contributed by atoms with Crippen LogP contribution in [-0.4, -0.2) is 72.0 Å². The molecule has 0 aromatic carbocycles. The summed E-state index contributed by atoms with van der Waals surface area (Å²) in [6.45, 7) is 11.8. The molecular formula is C17H29N5O. The number of carbonyl (C=O) groups is 1. The van der Waals surface area contributed by atoms with Gasteiger partial charge in [0.1, 0.15) is 11.6 Å². The first-order valence-corrected chi connectivity index (χ1v) is 8.35. The number of likely N-dealkylation sites (N-methyl/N-ethyl adjacent to an activating group) is 1. The molecule has 2 heterocycles. The Labute approximate surface area is 139 Å². The van der Waals surface area contributed by atoms with Gasteiger partial charge in [0.05, 0.1) is 6.04 Å². The van der Waals surface area contributed by atoms with Crippen molar-refractivity contribution in [3.8, 4) is 0 Å². The second-order valence-corrected chi connectivity index (χ2v) is 6.81. The smallest absolute Gasteiger partial charge is 0.239 e. The number of amides is 1. The summed E-state index contributed by atoms with van der Waals surface area (Å²) in [6.07, 6.45) is 0. The summed E-state index contributed by atoms with van der Waals surface area (Å²) in [4.78, 5) is 27.5. The second-order valence-electron chi connectivity index (χ2n) is 6.81. The fourth-order valence-corrected chi connectivity index (χ4v) is 2.86. The van der Waals surface area contributed by atoms with Crippen molar-refractivity contribution in [2.45, 2.75) is 39.7 Å². The molecule has 1 saturated heterocycles. The molecule has 1 fully saturated rings. The van der Waals surface area contributed by atoms with E-state index < -0.39 is 0 Å². The van der Waals surface area contributed by atoms with Crippen molar-refractivity contribution in [3.05, 3.63) is 17.6 Å². The van der Waals surface area contributed by atoms with E-state index >= 15 is 0 Å². The first-order valence-electron chi connectivity index (χ1n) is 8.35. The maximum Gasteiger partial charge on any atom is 0.239 e. The van der Waals surface area contributed by atoms with Crippen LogP contribution in [0, 0.1) is 6.92 Å². The van der Waals surface area contributed by atoms with Crippen molar-refractivity contribution >= 4 is 11.7 Å². The van der Waals surface area contributed by atoms with E-state index in [1.807, 2.05) is 27.9 Å². The van der Waals surface area contributed by atoms with Crippen molar-refractivity contribution in [1.29, 1.82) is 0 Å². The summed E-state index contributed by atoms with van der Waals surface area (Å²) in [5.41, 5.74) is 1.01. The van der Waals surface area contributed by atoms with Gasteiger partial charge in [0.25, 0.3) is 0 Å². The van der Waals surface area contributed by atoms with E-state index in [0.717, 1.165) is 43.5 Å². The zero-order chi connectivity index (χ0) is 17.1. The summed E-state index contributed by atoms with van der Waals surface area (Å²) in [5.74, 6) is 2.40. The maximum absolute atomic E-state index is 12.1. The van der Waals surface area contributed by atoms with Crippen LogP contribution in [0.1, 0.15) is 38.2 Å². The highest BCUT2D eigenvalue weighted by Gasteiger charge is 2.27. The molecule has 0 bridgehead atoms. The van der Waals surface area contributed by atoms with Gasteiger partial charge in [-0.3, -0.25) is 9.69 Å². The minimum Gasteiger partial charge on any atom is -0.354 e. The van der Waals surface area contributed by atoms with E-state index in [1.165, 1.54) is 0 Å². The molecule has 1 aliphatic rings. The summed E-state index contributed by atoms with van der Waals surface area (Å²) >= 11 is 0. The molecule has 0 radical (unpaired) electrons. The molecule has 1 aromatic heterocycles. The molecule has 0 unspecified atom stereocenters. The standard InChI is InChI=1S/C17H29N5O/c1-12(2)16-18-13(3)11-15(19-16)22-9-7-21(8-10-22)14(4)17(23)20(5)6/h11-12,14H,7-10H2,1-6H3/t14-/m1/s1. The summed E-state index contributed by atoms with van der Waals surface area (Å²) in [5, 5.41) is 0. The van der Waals surface area contributed by atoms with E-state index in [9.17, 15) is 4.79 Å². The highest BCUT2D eigenvalue weighted by molar-refractivity contribution is 5.81. The van der Waals surface area contributed by atoms with E-state index in [4.69, 9.17) is 4.98 Å². The fourth-order valence-electron chi connectivity index (χ4n) is 2.86. The molecule has 2 rings (SSSR count). The molecule has 0 N–H and O–H groups in total. The van der Waals surface area contributed by atoms with E-state index in [-0.39, 0.29) is 11.9 Å². The normalized spacial score (nSPS) is 17.4. The van der Waals surface area contributed by atoms with Crippen LogP contribution >= 0.6 is 0 Å². The predicted molar refractivity (Wildman–Crippen MR) is 92.8 cm³/mol. The molecule has 6 nitrogen and oxygen atoms in total. The quantitative estimate of drug-likeness (QED) is 0.842. The molecule has 0 aliphatic carbocycles. The van der Waals surface area contributed by atoms with Gasteiger partial charge in [-0.1, -0.05) is 13.8 Å². The monoisotopic (exact) mass is 319 g/mol. The van der Waals surface area contributed by atoms with Gasteiger partial charge in [-0.05, 0) is 13.8 Å². The molecule has 0 saturated carbocycles. The molecule has 1 aliphatic heterocycles. The zero-order valence-corrected chi connectivity index (χ0v) is 15.2. The van der Waals surface area contributed by atoms with Gasteiger partial charge in [0.2, 0.25) is 5.91 Å². The second kappa shape index (κ2) is 7.25. The fraction of sp³-hybridized carbons (Fsp3) is 0.706. The van der Waals surface area contributed by atoms with Crippen LogP contribution in [0.15, 0.2) is 6.07 Å². The van der Waals surface area contributed by atoms with Crippen molar-refractivity contribution in [2.75, 3.05) is 45.2 Å². The number of nitrogens with zero attached hydrogens (tertiary/aromatic N) is 5. The van der Waals surface area contributed by atoms with Crippen LogP contribution in [0.3, 0.4) is 0 Å². The Hall–Kier alpha value is -1.69. The van der Waals surface area contributed by atoms with Gasteiger partial charge in [-0.15, -0.1) is 0 Å². The number of carbonyl (C=O) groups excluding carboxylic acids is 1. The maximum atomic E-state index is 12.1. The van der Waals surface area contributed by atoms with E-state index in [0.29, 0.717) is 5.92 Å². The molecule has 23 heavy (non-hydrogen) atoms. The average molecular weight is 319 g/mol. The SMILES string of the molecule is Cc1cc(N2CCN([C@H](C)C(=O)N(C)C)CC2)nc(C(C)C)n1. The zero-order valence-electron chi connectivity index (χ0n) is 15.2. The van der Waals surface area contributed by atoms with Crippen molar-refractivity contribution in [2.24, 2.45) is 0 Å². The minimum atomic E-state index is -0.0643. The summed E-state index contributed by atoms with van der Waals surface area (Å²) in [6, 6.07) is 1.99. The third-order valence-corrected chi connectivity index (χ3v) is 4.36. The first-order chi connectivity index (χ1) is 10.8. The summed E-state index contributed by atoms with van der Waals surface area (Å²) < 4.78 is 0. The van der Waals surface area contributed by atoms with E-state index in [1.54, 1.807) is 4.90 Å². The number of aryl methyl sites for hydroxylation is 1. The third kappa shape index (κ3) is 4.19. The lowest BCUT2D eigenvalue weighted by atomic mass is 10.2. The summed E-state index contributed by atoms with van der Waals surface area (Å²) in [7, 11) is 3.62. The van der Waals surface area contributed by atoms with Gasteiger partial charge in [0, 0.05) is 58.0 Å². The Balaban J connectivity index is 2.03. The van der Waals surface area contributed by atoms with Gasteiger partial charge in [-0.25, -0.2) is 9.97 Å². The molecule has 1 aromatic rings. The van der Waals surface area contributed by atoms with Crippen molar-refractivity contribution in [1.82, 2.24) is 19.8 Å². The van der Waals surface area contributed by atoms with E-state index in [2.05, 4.69) is 34.7 Å². The first kappa shape index (κ1) is 17.7. The lowest BCUT2D eigenvalue weighted by molar-refractivity contribution is -0.133. The predicted octanol–water partition coefficient (Wildman–Crippen LogP) is 1.51. The number of aromatic nitrogens is 2. The van der Waals surface area contributed by atoms with Gasteiger partial charge >= 0.3 is 0 Å². The lowest BCUT2D eigenvalue weighted by Gasteiger charge is -2.38. The Morgan fingerprint density at radius 2 is 1.74 bits per heavy atom. The van der Waals surface area contributed by atoms with Gasteiger partial charge in [0.15, 0.2) is 0 Å². The van der Waals surface area contributed by atoms with Crippen LogP contribution in [0.5, 0.6) is 0 Å². The third-order valence-electron chi connectivity index (χ3n) is 4.36. The number of anilines is 1. The molecular weight excluding hydrogens is 290 g/mol. The molecule has 6 heteroatoms. The van der Waals surface area contributed by atoms with Crippen LogP contribution in [0.25, 0.3) is 0 Å². The van der Waals surface area contributed by atoms with Crippen molar-refractivity contribution in [3.63, 3.8) is 0 Å². The Morgan fingerprint density at radius 1 is 1.13 bits per heavy atom. The Morgan fingerprint density at radius 3 is 2.26 bits per heavy atom. The number of hydrogen-bond acceptors (Lipinski definition) is 5. The largest absolute Gasteiger partial charge is 0.354 e. The van der Waals surface area contributed by atoms with Crippen LogP contribution < -0.4 is 4.90 Å². The highest BCUT2D eigenvalue weighted by atomic mass is 16.2. The van der Waals surface area contributed by atoms with Gasteiger partial charge < -0.3 is 9.80 Å². The number of hydrogen-bond donors (Lipinski definition) is 0. The molecule has 1 atom stereocenters. The van der Waals surface area contributed by atoms with Crippen LogP contribution in [-0.2, 0) is 4.79 Å². The topological polar surface area (TPSA) is 52.6 Å². The Bertz CT molecular complexity index is 550. The van der Waals surface area contributed by atoms with Crippen molar-refractivity contribution < 1.29 is 4.79 Å². The molecule has 1 amide bonds. The van der Waals surface area contributed by atoms with Gasteiger partial charge in [-0.2, -0.15) is 0 Å². The van der Waals surface area contributed by atoms with Crippen LogP contribution in [0.4, 0.5) is 5.82 Å².